The Balaban J connectivity index is 1.81. The van der Waals surface area contributed by atoms with Gasteiger partial charge in [-0.2, -0.15) is 0 Å². The number of carbonyl (C=O) groups is 2. The third-order valence-corrected chi connectivity index (χ3v) is 5.68. The first kappa shape index (κ1) is 14.6. The Labute approximate surface area is 128 Å². The fraction of sp³-hybridized carbons (Fsp3) is 0.625. The number of aliphatic carboxylic acids is 1. The van der Waals surface area contributed by atoms with Crippen LogP contribution in [-0.4, -0.2) is 35.0 Å². The molecule has 4 nitrogen and oxygen atoms in total. The van der Waals surface area contributed by atoms with Crippen LogP contribution in [0.5, 0.6) is 0 Å². The quantitative estimate of drug-likeness (QED) is 0.914. The van der Waals surface area contributed by atoms with Crippen LogP contribution in [0.3, 0.4) is 0 Å². The van der Waals surface area contributed by atoms with Crippen molar-refractivity contribution in [2.45, 2.75) is 39.0 Å². The molecule has 5 heteroatoms. The maximum Gasteiger partial charge on any atom is 0.308 e. The van der Waals surface area contributed by atoms with Gasteiger partial charge in [-0.05, 0) is 43.6 Å². The summed E-state index contributed by atoms with van der Waals surface area (Å²) in [4.78, 5) is 27.1. The molecular weight excluding hydrogens is 286 g/mol. The lowest BCUT2D eigenvalue weighted by atomic mass is 9.89. The second kappa shape index (κ2) is 5.79. The Hall–Kier alpha value is -1.36. The largest absolute Gasteiger partial charge is 0.481 e. The lowest BCUT2D eigenvalue weighted by molar-refractivity contribution is -0.143. The van der Waals surface area contributed by atoms with E-state index in [-0.39, 0.29) is 11.8 Å². The highest BCUT2D eigenvalue weighted by Crippen LogP contribution is 2.32. The Morgan fingerprint density at radius 3 is 2.81 bits per heavy atom. The van der Waals surface area contributed by atoms with E-state index in [4.69, 9.17) is 0 Å². The summed E-state index contributed by atoms with van der Waals surface area (Å²) in [6, 6.07) is 0. The SMILES string of the molecule is CC1CC(C(=O)O)CN(C(=O)c2csc3c2CCCC3)C1. The molecule has 0 bridgehead atoms. The van der Waals surface area contributed by atoms with Gasteiger partial charge in [0.1, 0.15) is 0 Å². The van der Waals surface area contributed by atoms with Crippen molar-refractivity contribution >= 4 is 23.2 Å². The van der Waals surface area contributed by atoms with Crippen LogP contribution in [0.4, 0.5) is 0 Å². The number of carbonyl (C=O) groups excluding carboxylic acids is 1. The Bertz CT molecular complexity index is 566. The van der Waals surface area contributed by atoms with Gasteiger partial charge in [0.15, 0.2) is 0 Å². The number of aryl methyl sites for hydroxylation is 1. The molecule has 2 heterocycles. The normalized spacial score (nSPS) is 25.5. The van der Waals surface area contributed by atoms with Crippen LogP contribution >= 0.6 is 11.3 Å². The molecule has 2 atom stereocenters. The Morgan fingerprint density at radius 1 is 1.29 bits per heavy atom. The van der Waals surface area contributed by atoms with E-state index in [2.05, 4.69) is 0 Å². The number of likely N-dealkylation sites (tertiary alicyclic amines) is 1. The monoisotopic (exact) mass is 307 g/mol. The summed E-state index contributed by atoms with van der Waals surface area (Å²) in [7, 11) is 0. The van der Waals surface area contributed by atoms with Crippen molar-refractivity contribution in [2.75, 3.05) is 13.1 Å². The summed E-state index contributed by atoms with van der Waals surface area (Å²) < 4.78 is 0. The molecule has 1 saturated heterocycles. The molecular formula is C16H21NO3S. The van der Waals surface area contributed by atoms with Gasteiger partial charge < -0.3 is 10.0 Å². The minimum absolute atomic E-state index is 0.0344. The number of hydrogen-bond acceptors (Lipinski definition) is 3. The molecule has 2 unspecified atom stereocenters. The number of fused-ring (bicyclic) bond motifs is 1. The van der Waals surface area contributed by atoms with E-state index in [1.807, 2.05) is 12.3 Å². The molecule has 1 fully saturated rings. The van der Waals surface area contributed by atoms with Crippen molar-refractivity contribution in [3.8, 4) is 0 Å². The molecule has 1 aliphatic carbocycles. The number of thiophene rings is 1. The summed E-state index contributed by atoms with van der Waals surface area (Å²) in [6.07, 6.45) is 5.11. The Kier molecular flexibility index (Phi) is 4.02. The average Bonchev–Trinajstić information content (AvgIpc) is 2.89. The van der Waals surface area contributed by atoms with Gasteiger partial charge in [0.25, 0.3) is 5.91 Å². The van der Waals surface area contributed by atoms with Gasteiger partial charge in [-0.15, -0.1) is 11.3 Å². The molecule has 1 aromatic rings. The van der Waals surface area contributed by atoms with Gasteiger partial charge in [-0.1, -0.05) is 6.92 Å². The number of carboxylic acids is 1. The molecule has 0 radical (unpaired) electrons. The van der Waals surface area contributed by atoms with Crippen LogP contribution in [-0.2, 0) is 17.6 Å². The third kappa shape index (κ3) is 2.84. The van der Waals surface area contributed by atoms with Crippen LogP contribution in [0.15, 0.2) is 5.38 Å². The molecule has 1 N–H and O–H groups in total. The van der Waals surface area contributed by atoms with E-state index in [0.717, 1.165) is 24.8 Å². The predicted molar refractivity (Wildman–Crippen MR) is 81.8 cm³/mol. The maximum atomic E-state index is 12.8. The van der Waals surface area contributed by atoms with E-state index < -0.39 is 11.9 Å². The van der Waals surface area contributed by atoms with Crippen molar-refractivity contribution in [3.05, 3.63) is 21.4 Å². The summed E-state index contributed by atoms with van der Waals surface area (Å²) in [5, 5.41) is 11.2. The topological polar surface area (TPSA) is 57.6 Å². The molecule has 2 aliphatic rings. The van der Waals surface area contributed by atoms with Crippen LogP contribution in [0.2, 0.25) is 0 Å². The van der Waals surface area contributed by atoms with E-state index >= 15 is 0 Å². The summed E-state index contributed by atoms with van der Waals surface area (Å²) >= 11 is 1.69. The molecule has 0 saturated carbocycles. The molecule has 0 spiro atoms. The third-order valence-electron chi connectivity index (χ3n) is 4.59. The molecule has 1 aromatic heterocycles. The van der Waals surface area contributed by atoms with Gasteiger partial charge in [0.2, 0.25) is 0 Å². The van der Waals surface area contributed by atoms with Crippen LogP contribution in [0.25, 0.3) is 0 Å². The predicted octanol–water partition coefficient (Wildman–Crippen LogP) is 2.81. The highest BCUT2D eigenvalue weighted by atomic mass is 32.1. The highest BCUT2D eigenvalue weighted by Gasteiger charge is 2.33. The standard InChI is InChI=1S/C16H21NO3S/c1-10-6-11(16(19)20)8-17(7-10)15(18)13-9-21-14-5-3-2-4-12(13)14/h9-11H,2-8H2,1H3,(H,19,20). The summed E-state index contributed by atoms with van der Waals surface area (Å²) in [5.41, 5.74) is 2.05. The van der Waals surface area contributed by atoms with E-state index in [9.17, 15) is 14.7 Å². The molecule has 1 aliphatic heterocycles. The zero-order chi connectivity index (χ0) is 15.0. The minimum atomic E-state index is -0.785. The van der Waals surface area contributed by atoms with Crippen LogP contribution < -0.4 is 0 Å². The second-order valence-corrected chi connectivity index (χ2v) is 7.31. The molecule has 114 valence electrons. The summed E-state index contributed by atoms with van der Waals surface area (Å²) in [5.74, 6) is -0.927. The van der Waals surface area contributed by atoms with Gasteiger partial charge in [0.05, 0.1) is 11.5 Å². The number of rotatable bonds is 2. The van der Waals surface area contributed by atoms with Crippen molar-refractivity contribution in [1.29, 1.82) is 0 Å². The molecule has 0 aromatic carbocycles. The fourth-order valence-corrected chi connectivity index (χ4v) is 4.66. The lowest BCUT2D eigenvalue weighted by Crippen LogP contribution is -2.45. The van der Waals surface area contributed by atoms with Crippen LogP contribution in [0.1, 0.15) is 47.0 Å². The molecule has 1 amide bonds. The van der Waals surface area contributed by atoms with E-state index in [1.54, 1.807) is 16.2 Å². The number of hydrogen-bond donors (Lipinski definition) is 1. The van der Waals surface area contributed by atoms with Gasteiger partial charge in [-0.25, -0.2) is 0 Å². The average molecular weight is 307 g/mol. The van der Waals surface area contributed by atoms with Gasteiger partial charge in [-0.3, -0.25) is 9.59 Å². The van der Waals surface area contributed by atoms with E-state index in [1.165, 1.54) is 16.9 Å². The first-order valence-electron chi connectivity index (χ1n) is 7.67. The highest BCUT2D eigenvalue weighted by molar-refractivity contribution is 7.10. The minimum Gasteiger partial charge on any atom is -0.481 e. The Morgan fingerprint density at radius 2 is 2.05 bits per heavy atom. The fourth-order valence-electron chi connectivity index (χ4n) is 3.54. The summed E-state index contributed by atoms with van der Waals surface area (Å²) in [6.45, 7) is 3.05. The smallest absolute Gasteiger partial charge is 0.308 e. The van der Waals surface area contributed by atoms with Crippen molar-refractivity contribution in [2.24, 2.45) is 11.8 Å². The maximum absolute atomic E-state index is 12.8. The van der Waals surface area contributed by atoms with Gasteiger partial charge in [0, 0.05) is 23.3 Å². The first-order chi connectivity index (χ1) is 10.1. The number of nitrogens with zero attached hydrogens (tertiary/aromatic N) is 1. The lowest BCUT2D eigenvalue weighted by Gasteiger charge is -2.34. The van der Waals surface area contributed by atoms with Crippen molar-refractivity contribution in [3.63, 3.8) is 0 Å². The molecule has 21 heavy (non-hydrogen) atoms. The van der Waals surface area contributed by atoms with Gasteiger partial charge >= 0.3 is 5.97 Å². The number of piperidine rings is 1. The van der Waals surface area contributed by atoms with Crippen molar-refractivity contribution < 1.29 is 14.7 Å². The number of amides is 1. The van der Waals surface area contributed by atoms with Crippen LogP contribution in [0, 0.1) is 11.8 Å². The zero-order valence-electron chi connectivity index (χ0n) is 12.3. The van der Waals surface area contributed by atoms with Crippen molar-refractivity contribution in [1.82, 2.24) is 4.90 Å². The van der Waals surface area contributed by atoms with E-state index in [0.29, 0.717) is 19.5 Å². The zero-order valence-corrected chi connectivity index (χ0v) is 13.1. The molecule has 3 rings (SSSR count). The second-order valence-electron chi connectivity index (χ2n) is 6.34. The number of carboxylic acid groups (broad SMARTS) is 1. The first-order valence-corrected chi connectivity index (χ1v) is 8.55.